The fourth-order valence-corrected chi connectivity index (χ4v) is 5.36. The molecule has 174 valence electrons. The standard InChI is InChI=1S/C22H35NO7Si/c1-8-12-28-19(26)18-15(24)9-10-16(30-31(6,7)21(2,3)4)22(18,5)14-17(25)23-11-13-29-20(23)27/h8,16,18H,1,9-14H2,2-7H3/t16-,18?,22+/m1/s1. The Morgan fingerprint density at radius 1 is 1.32 bits per heavy atom. The molecular weight excluding hydrogens is 418 g/mol. The number of ether oxygens (including phenoxy) is 2. The van der Waals surface area contributed by atoms with Gasteiger partial charge < -0.3 is 13.9 Å². The Morgan fingerprint density at radius 3 is 2.48 bits per heavy atom. The van der Waals surface area contributed by atoms with Crippen LogP contribution in [0.25, 0.3) is 0 Å². The van der Waals surface area contributed by atoms with Crippen LogP contribution in [-0.4, -0.2) is 62.8 Å². The maximum atomic E-state index is 13.0. The number of imide groups is 1. The maximum Gasteiger partial charge on any atom is 0.416 e. The van der Waals surface area contributed by atoms with Crippen LogP contribution in [-0.2, 0) is 28.3 Å². The number of esters is 1. The van der Waals surface area contributed by atoms with E-state index < -0.39 is 43.7 Å². The fourth-order valence-electron chi connectivity index (χ4n) is 3.91. The first-order chi connectivity index (χ1) is 14.2. The second-order valence-corrected chi connectivity index (χ2v) is 14.8. The van der Waals surface area contributed by atoms with Gasteiger partial charge in [0.2, 0.25) is 5.91 Å². The van der Waals surface area contributed by atoms with Gasteiger partial charge in [0.1, 0.15) is 24.9 Å². The van der Waals surface area contributed by atoms with Crippen LogP contribution in [0, 0.1) is 11.3 Å². The lowest BCUT2D eigenvalue weighted by Crippen LogP contribution is -2.57. The van der Waals surface area contributed by atoms with Gasteiger partial charge in [0.15, 0.2) is 8.32 Å². The van der Waals surface area contributed by atoms with E-state index in [-0.39, 0.29) is 43.4 Å². The van der Waals surface area contributed by atoms with Crippen LogP contribution in [0.2, 0.25) is 18.1 Å². The van der Waals surface area contributed by atoms with Gasteiger partial charge in [0, 0.05) is 18.3 Å². The molecule has 1 aliphatic heterocycles. The Kier molecular flexibility index (Phi) is 7.53. The van der Waals surface area contributed by atoms with E-state index in [1.165, 1.54) is 6.08 Å². The molecule has 8 nitrogen and oxygen atoms in total. The second kappa shape index (κ2) is 9.24. The molecule has 9 heteroatoms. The minimum Gasteiger partial charge on any atom is -0.461 e. The Labute approximate surface area is 185 Å². The number of Topliss-reactive ketones (excluding diaryl/α,β-unsaturated/α-hetero) is 1. The predicted octanol–water partition coefficient (Wildman–Crippen LogP) is 3.46. The van der Waals surface area contributed by atoms with Crippen molar-refractivity contribution in [1.82, 2.24) is 4.90 Å². The molecule has 2 fully saturated rings. The topological polar surface area (TPSA) is 99.2 Å². The summed E-state index contributed by atoms with van der Waals surface area (Å²) < 4.78 is 16.8. The number of hydrogen-bond donors (Lipinski definition) is 0. The molecule has 2 amide bonds. The number of carbonyl (C=O) groups is 4. The lowest BCUT2D eigenvalue weighted by atomic mass is 9.63. The molecule has 0 N–H and O–H groups in total. The summed E-state index contributed by atoms with van der Waals surface area (Å²) in [5.74, 6) is -2.60. The highest BCUT2D eigenvalue weighted by atomic mass is 28.4. The molecule has 1 aliphatic carbocycles. The zero-order chi connectivity index (χ0) is 23.6. The van der Waals surface area contributed by atoms with Crippen molar-refractivity contribution in [2.24, 2.45) is 11.3 Å². The number of nitrogens with zero attached hydrogens (tertiary/aromatic N) is 1. The molecule has 0 aromatic rings. The summed E-state index contributed by atoms with van der Waals surface area (Å²) in [4.78, 5) is 51.8. The van der Waals surface area contributed by atoms with Crippen LogP contribution in [0.5, 0.6) is 0 Å². The van der Waals surface area contributed by atoms with Gasteiger partial charge in [-0.15, -0.1) is 0 Å². The molecule has 0 aromatic carbocycles. The summed E-state index contributed by atoms with van der Waals surface area (Å²) >= 11 is 0. The summed E-state index contributed by atoms with van der Waals surface area (Å²) in [5.41, 5.74) is -1.15. The third kappa shape index (κ3) is 5.26. The van der Waals surface area contributed by atoms with Gasteiger partial charge in [0.05, 0.1) is 12.6 Å². The molecule has 0 radical (unpaired) electrons. The summed E-state index contributed by atoms with van der Waals surface area (Å²) in [6.07, 6.45) is 0.602. The van der Waals surface area contributed by atoms with Crippen LogP contribution < -0.4 is 0 Å². The Bertz CT molecular complexity index is 757. The highest BCUT2D eigenvalue weighted by Crippen LogP contribution is 2.48. The van der Waals surface area contributed by atoms with Crippen molar-refractivity contribution in [1.29, 1.82) is 0 Å². The van der Waals surface area contributed by atoms with Gasteiger partial charge in [-0.05, 0) is 24.6 Å². The minimum absolute atomic E-state index is 0.0289. The van der Waals surface area contributed by atoms with Crippen molar-refractivity contribution in [3.05, 3.63) is 12.7 Å². The molecule has 0 aromatic heterocycles. The van der Waals surface area contributed by atoms with Crippen LogP contribution >= 0.6 is 0 Å². The summed E-state index contributed by atoms with van der Waals surface area (Å²) in [6.45, 7) is 16.0. The first-order valence-corrected chi connectivity index (χ1v) is 13.6. The van der Waals surface area contributed by atoms with Crippen molar-refractivity contribution in [2.75, 3.05) is 19.8 Å². The maximum absolute atomic E-state index is 13.0. The Balaban J connectivity index is 2.43. The van der Waals surface area contributed by atoms with Crippen LogP contribution in [0.15, 0.2) is 12.7 Å². The van der Waals surface area contributed by atoms with E-state index in [0.29, 0.717) is 6.42 Å². The molecule has 3 atom stereocenters. The smallest absolute Gasteiger partial charge is 0.416 e. The minimum atomic E-state index is -2.29. The highest BCUT2D eigenvalue weighted by Gasteiger charge is 2.56. The molecular formula is C22H35NO7Si. The van der Waals surface area contributed by atoms with E-state index in [1.54, 1.807) is 6.92 Å². The molecule has 1 saturated carbocycles. The number of rotatable bonds is 7. The lowest BCUT2D eigenvalue weighted by molar-refractivity contribution is -0.166. The largest absolute Gasteiger partial charge is 0.461 e. The number of cyclic esters (lactones) is 1. The van der Waals surface area contributed by atoms with Crippen LogP contribution in [0.1, 0.15) is 47.0 Å². The molecule has 1 saturated heterocycles. The number of hydrogen-bond acceptors (Lipinski definition) is 7. The third-order valence-corrected chi connectivity index (χ3v) is 11.3. The van der Waals surface area contributed by atoms with E-state index in [1.807, 2.05) is 0 Å². The Morgan fingerprint density at radius 2 is 1.97 bits per heavy atom. The molecule has 1 unspecified atom stereocenters. The fraction of sp³-hybridized carbons (Fsp3) is 0.727. The van der Waals surface area contributed by atoms with Crippen molar-refractivity contribution in [3.63, 3.8) is 0 Å². The van der Waals surface area contributed by atoms with E-state index in [4.69, 9.17) is 13.9 Å². The van der Waals surface area contributed by atoms with Gasteiger partial charge in [-0.2, -0.15) is 0 Å². The predicted molar refractivity (Wildman–Crippen MR) is 117 cm³/mol. The summed E-state index contributed by atoms with van der Waals surface area (Å²) in [6, 6.07) is 0. The quantitative estimate of drug-likeness (QED) is 0.252. The molecule has 0 bridgehead atoms. The lowest BCUT2D eigenvalue weighted by Gasteiger charge is -2.49. The van der Waals surface area contributed by atoms with E-state index in [2.05, 4.69) is 40.4 Å². The highest BCUT2D eigenvalue weighted by molar-refractivity contribution is 6.74. The SMILES string of the molecule is C=CCOC(=O)C1C(=O)CC[C@@H](O[Si](C)(C)C(C)(C)C)[C@]1(C)CC(=O)N1CCOC1=O. The zero-order valence-corrected chi connectivity index (χ0v) is 20.5. The number of amides is 2. The number of carbonyl (C=O) groups excluding carboxylic acids is 4. The van der Waals surface area contributed by atoms with Crippen LogP contribution in [0.3, 0.4) is 0 Å². The molecule has 2 rings (SSSR count). The van der Waals surface area contributed by atoms with Crippen molar-refractivity contribution < 1.29 is 33.1 Å². The zero-order valence-electron chi connectivity index (χ0n) is 19.5. The monoisotopic (exact) mass is 453 g/mol. The van der Waals surface area contributed by atoms with Gasteiger partial charge in [-0.1, -0.05) is 40.3 Å². The first kappa shape index (κ1) is 25.3. The Hall–Kier alpha value is -2.00. The van der Waals surface area contributed by atoms with Gasteiger partial charge in [-0.3, -0.25) is 14.4 Å². The van der Waals surface area contributed by atoms with E-state index >= 15 is 0 Å². The second-order valence-electron chi connectivity index (χ2n) is 10.1. The average Bonchev–Trinajstić information content (AvgIpc) is 3.07. The van der Waals surface area contributed by atoms with Gasteiger partial charge >= 0.3 is 12.1 Å². The third-order valence-electron chi connectivity index (χ3n) is 6.79. The molecule has 0 spiro atoms. The van der Waals surface area contributed by atoms with Gasteiger partial charge in [0.25, 0.3) is 0 Å². The summed E-state index contributed by atoms with van der Waals surface area (Å²) in [7, 11) is -2.29. The van der Waals surface area contributed by atoms with E-state index in [0.717, 1.165) is 4.90 Å². The molecule has 31 heavy (non-hydrogen) atoms. The number of ketones is 1. The van der Waals surface area contributed by atoms with Gasteiger partial charge in [-0.25, -0.2) is 9.69 Å². The van der Waals surface area contributed by atoms with Crippen molar-refractivity contribution >= 4 is 32.1 Å². The van der Waals surface area contributed by atoms with E-state index in [9.17, 15) is 19.2 Å². The first-order valence-electron chi connectivity index (χ1n) is 10.7. The molecule has 2 aliphatic rings. The summed E-state index contributed by atoms with van der Waals surface area (Å²) in [5, 5.41) is -0.100. The molecule has 1 heterocycles. The normalized spacial score (nSPS) is 27.1. The average molecular weight is 454 g/mol. The van der Waals surface area contributed by atoms with Crippen molar-refractivity contribution in [3.8, 4) is 0 Å². The van der Waals surface area contributed by atoms with Crippen molar-refractivity contribution in [2.45, 2.75) is 71.2 Å². The van der Waals surface area contributed by atoms with Crippen LogP contribution in [0.4, 0.5) is 4.79 Å².